The molecular weight excluding hydrogens is 280 g/mol. The van der Waals surface area contributed by atoms with Crippen LogP contribution < -0.4 is 15.4 Å². The van der Waals surface area contributed by atoms with E-state index in [4.69, 9.17) is 9.84 Å². The Morgan fingerprint density at radius 1 is 1.14 bits per heavy atom. The number of nitrogens with one attached hydrogen (secondary N) is 2. The van der Waals surface area contributed by atoms with E-state index in [0.29, 0.717) is 12.5 Å². The molecule has 0 spiro atoms. The zero-order valence-electron chi connectivity index (χ0n) is 12.8. The summed E-state index contributed by atoms with van der Waals surface area (Å²) in [7, 11) is 0. The Morgan fingerprint density at radius 3 is 2.68 bits per heavy atom. The molecule has 1 heterocycles. The van der Waals surface area contributed by atoms with Crippen molar-refractivity contribution in [2.24, 2.45) is 5.92 Å². The maximum absolute atomic E-state index is 12.2. The molecule has 0 radical (unpaired) electrons. The van der Waals surface area contributed by atoms with Crippen molar-refractivity contribution in [3.63, 3.8) is 0 Å². The van der Waals surface area contributed by atoms with Crippen LogP contribution in [0.3, 0.4) is 0 Å². The second kappa shape index (κ2) is 7.01. The van der Waals surface area contributed by atoms with Gasteiger partial charge >= 0.3 is 6.03 Å². The molecule has 120 valence electrons. The molecule has 1 aliphatic heterocycles. The fourth-order valence-electron chi connectivity index (χ4n) is 3.37. The quantitative estimate of drug-likeness (QED) is 0.803. The van der Waals surface area contributed by atoms with Gasteiger partial charge in [-0.3, -0.25) is 0 Å². The van der Waals surface area contributed by atoms with Gasteiger partial charge in [-0.25, -0.2) is 4.79 Å². The number of urea groups is 1. The lowest BCUT2D eigenvalue weighted by molar-refractivity contribution is 0.173. The molecule has 3 N–H and O–H groups in total. The molecule has 3 rings (SSSR count). The summed E-state index contributed by atoms with van der Waals surface area (Å²) in [6, 6.07) is 7.99. The van der Waals surface area contributed by atoms with E-state index in [1.807, 2.05) is 24.3 Å². The van der Waals surface area contributed by atoms with E-state index in [0.717, 1.165) is 43.4 Å². The highest BCUT2D eigenvalue weighted by Crippen LogP contribution is 2.31. The Kier molecular flexibility index (Phi) is 4.83. The molecule has 1 aromatic rings. The molecule has 2 amide bonds. The Morgan fingerprint density at radius 2 is 1.91 bits per heavy atom. The minimum Gasteiger partial charge on any atom is -0.493 e. The summed E-state index contributed by atoms with van der Waals surface area (Å²) in [5, 5.41) is 15.3. The Bertz CT molecular complexity index is 512. The van der Waals surface area contributed by atoms with Gasteiger partial charge in [0.2, 0.25) is 0 Å². The molecule has 1 fully saturated rings. The minimum atomic E-state index is -0.103. The number of hydrogen-bond acceptors (Lipinski definition) is 3. The average molecular weight is 304 g/mol. The van der Waals surface area contributed by atoms with Crippen LogP contribution in [0.2, 0.25) is 0 Å². The number of carbonyl (C=O) groups excluding carboxylic acids is 1. The monoisotopic (exact) mass is 304 g/mol. The third kappa shape index (κ3) is 3.53. The van der Waals surface area contributed by atoms with Gasteiger partial charge in [0, 0.05) is 24.6 Å². The average Bonchev–Trinajstić information content (AvgIpc) is 2.56. The van der Waals surface area contributed by atoms with Crippen LogP contribution in [0.15, 0.2) is 24.3 Å². The van der Waals surface area contributed by atoms with Crippen molar-refractivity contribution < 1.29 is 14.6 Å². The molecule has 5 heteroatoms. The molecule has 1 unspecified atom stereocenters. The largest absolute Gasteiger partial charge is 0.493 e. The van der Waals surface area contributed by atoms with Gasteiger partial charge in [0.05, 0.1) is 12.6 Å². The number of hydrogen-bond donors (Lipinski definition) is 3. The molecule has 1 aromatic carbocycles. The first-order chi connectivity index (χ1) is 10.8. The zero-order chi connectivity index (χ0) is 15.4. The summed E-state index contributed by atoms with van der Waals surface area (Å²) in [5.41, 5.74) is 1.05. The highest BCUT2D eigenvalue weighted by Gasteiger charge is 2.25. The molecule has 0 saturated heterocycles. The third-order valence-electron chi connectivity index (χ3n) is 4.70. The van der Waals surface area contributed by atoms with Gasteiger partial charge in [0.1, 0.15) is 5.75 Å². The van der Waals surface area contributed by atoms with Crippen LogP contribution in [-0.4, -0.2) is 30.4 Å². The fourth-order valence-corrected chi connectivity index (χ4v) is 3.37. The van der Waals surface area contributed by atoms with E-state index in [2.05, 4.69) is 10.6 Å². The minimum absolute atomic E-state index is 0.0127. The number of fused-ring (bicyclic) bond motifs is 1. The summed E-state index contributed by atoms with van der Waals surface area (Å²) in [5.74, 6) is 1.27. The van der Waals surface area contributed by atoms with Crippen LogP contribution in [0.1, 0.15) is 43.7 Å². The van der Waals surface area contributed by atoms with Crippen molar-refractivity contribution in [2.45, 2.75) is 44.2 Å². The molecule has 22 heavy (non-hydrogen) atoms. The van der Waals surface area contributed by atoms with Crippen LogP contribution in [0.4, 0.5) is 4.79 Å². The Hall–Kier alpha value is -1.75. The fraction of sp³-hybridized carbons (Fsp3) is 0.588. The van der Waals surface area contributed by atoms with E-state index < -0.39 is 0 Å². The van der Waals surface area contributed by atoms with Crippen molar-refractivity contribution in [3.05, 3.63) is 29.8 Å². The lowest BCUT2D eigenvalue weighted by Crippen LogP contribution is -2.45. The number of amides is 2. The number of rotatable bonds is 3. The number of carbonyl (C=O) groups is 1. The van der Waals surface area contributed by atoms with Gasteiger partial charge in [-0.05, 0) is 37.7 Å². The topological polar surface area (TPSA) is 70.6 Å². The summed E-state index contributed by atoms with van der Waals surface area (Å²) < 4.78 is 5.61. The van der Waals surface area contributed by atoms with E-state index in [1.54, 1.807) is 0 Å². The van der Waals surface area contributed by atoms with E-state index in [-0.39, 0.29) is 24.7 Å². The zero-order valence-corrected chi connectivity index (χ0v) is 12.8. The van der Waals surface area contributed by atoms with E-state index in [9.17, 15) is 4.79 Å². The van der Waals surface area contributed by atoms with Gasteiger partial charge in [-0.2, -0.15) is 0 Å². The predicted molar refractivity (Wildman–Crippen MR) is 83.8 cm³/mol. The maximum Gasteiger partial charge on any atom is 0.315 e. The van der Waals surface area contributed by atoms with Crippen LogP contribution in [-0.2, 0) is 0 Å². The van der Waals surface area contributed by atoms with Crippen LogP contribution in [0.5, 0.6) is 5.75 Å². The van der Waals surface area contributed by atoms with Crippen LogP contribution in [0, 0.1) is 5.92 Å². The van der Waals surface area contributed by atoms with Crippen molar-refractivity contribution in [1.29, 1.82) is 0 Å². The lowest BCUT2D eigenvalue weighted by Gasteiger charge is -2.30. The molecule has 0 bridgehead atoms. The summed E-state index contributed by atoms with van der Waals surface area (Å²) in [6.07, 6.45) is 4.66. The molecule has 1 atom stereocenters. The number of aliphatic hydroxyl groups excluding tert-OH is 1. The predicted octanol–water partition coefficient (Wildman–Crippen LogP) is 2.36. The first-order valence-electron chi connectivity index (χ1n) is 8.16. The summed E-state index contributed by atoms with van der Waals surface area (Å²) in [6.45, 7) is 0.890. The normalized spacial score (nSPS) is 27.4. The Labute approximate surface area is 131 Å². The Balaban J connectivity index is 1.53. The van der Waals surface area contributed by atoms with Gasteiger partial charge in [0.15, 0.2) is 0 Å². The lowest BCUT2D eigenvalue weighted by atomic mass is 9.87. The highest BCUT2D eigenvalue weighted by atomic mass is 16.5. The highest BCUT2D eigenvalue weighted by molar-refractivity contribution is 5.75. The van der Waals surface area contributed by atoms with Crippen molar-refractivity contribution >= 4 is 6.03 Å². The second-order valence-corrected chi connectivity index (χ2v) is 6.25. The van der Waals surface area contributed by atoms with E-state index in [1.165, 1.54) is 0 Å². The first kappa shape index (κ1) is 15.2. The van der Waals surface area contributed by atoms with Gasteiger partial charge < -0.3 is 20.5 Å². The van der Waals surface area contributed by atoms with Gasteiger partial charge in [-0.1, -0.05) is 18.2 Å². The van der Waals surface area contributed by atoms with Gasteiger partial charge in [0.25, 0.3) is 0 Å². The molecular formula is C17H24N2O3. The molecule has 1 saturated carbocycles. The van der Waals surface area contributed by atoms with Gasteiger partial charge in [-0.15, -0.1) is 0 Å². The van der Waals surface area contributed by atoms with Crippen molar-refractivity contribution in [2.75, 3.05) is 13.2 Å². The second-order valence-electron chi connectivity index (χ2n) is 6.25. The van der Waals surface area contributed by atoms with Crippen LogP contribution in [0.25, 0.3) is 0 Å². The molecule has 1 aliphatic carbocycles. The van der Waals surface area contributed by atoms with E-state index >= 15 is 0 Å². The standard InChI is InChI=1S/C17H24N2O3/c20-11-12-5-7-13(8-6-12)18-17(21)19-15-9-10-22-16-4-2-1-3-14(15)16/h1-4,12-13,15,20H,5-11H2,(H2,18,19,21). The number of ether oxygens (including phenoxy) is 1. The molecule has 5 nitrogen and oxygen atoms in total. The SMILES string of the molecule is O=C(NC1CCC(CO)CC1)NC1CCOc2ccccc21. The number of aliphatic hydroxyl groups is 1. The summed E-state index contributed by atoms with van der Waals surface area (Å²) in [4.78, 5) is 12.2. The number of benzene rings is 1. The molecule has 2 aliphatic rings. The number of para-hydroxylation sites is 1. The summed E-state index contributed by atoms with van der Waals surface area (Å²) >= 11 is 0. The van der Waals surface area contributed by atoms with Crippen molar-refractivity contribution in [3.8, 4) is 5.75 Å². The smallest absolute Gasteiger partial charge is 0.315 e. The van der Waals surface area contributed by atoms with Crippen LogP contribution >= 0.6 is 0 Å². The maximum atomic E-state index is 12.2. The molecule has 0 aromatic heterocycles. The first-order valence-corrected chi connectivity index (χ1v) is 8.16. The third-order valence-corrected chi connectivity index (χ3v) is 4.70. The van der Waals surface area contributed by atoms with Crippen molar-refractivity contribution in [1.82, 2.24) is 10.6 Å².